The lowest BCUT2D eigenvalue weighted by molar-refractivity contribution is -0.797. The summed E-state index contributed by atoms with van der Waals surface area (Å²) in [5, 5.41) is 20.4. The number of carbonyl (C=O) groups excluding carboxylic acids is 2. The Morgan fingerprint density at radius 2 is 1.96 bits per heavy atom. The van der Waals surface area contributed by atoms with Crippen molar-refractivity contribution in [1.29, 1.82) is 0 Å². The van der Waals surface area contributed by atoms with Crippen LogP contribution in [-0.4, -0.2) is 52.5 Å². The highest BCUT2D eigenvalue weighted by atomic mass is 16.6. The molecule has 1 N–H and O–H groups in total. The number of imide groups is 1. The Hall–Kier alpha value is -2.52. The van der Waals surface area contributed by atoms with Crippen LogP contribution < -0.4 is 0 Å². The highest BCUT2D eigenvalue weighted by Crippen LogP contribution is 2.30. The van der Waals surface area contributed by atoms with Crippen LogP contribution in [0.2, 0.25) is 0 Å². The number of hydrogen-bond acceptors (Lipinski definition) is 7. The van der Waals surface area contributed by atoms with Gasteiger partial charge in [0.1, 0.15) is 25.3 Å². The van der Waals surface area contributed by atoms with E-state index in [0.29, 0.717) is 5.56 Å². The molecule has 1 aromatic carbocycles. The zero-order valence-corrected chi connectivity index (χ0v) is 13.4. The van der Waals surface area contributed by atoms with Crippen molar-refractivity contribution in [2.45, 2.75) is 32.1 Å². The molecule has 1 fully saturated rings. The minimum absolute atomic E-state index is 0.0700. The van der Waals surface area contributed by atoms with Crippen LogP contribution in [0, 0.1) is 10.1 Å². The lowest BCUT2D eigenvalue weighted by atomic mass is 10.2. The number of amides is 2. The Kier molecular flexibility index (Phi) is 5.15. The van der Waals surface area contributed by atoms with Crippen LogP contribution in [0.1, 0.15) is 18.9 Å². The number of methoxy groups -OCH3 is 1. The van der Waals surface area contributed by atoms with E-state index >= 15 is 0 Å². The van der Waals surface area contributed by atoms with Crippen molar-refractivity contribution < 1.29 is 33.6 Å². The molecule has 1 heterocycles. The van der Waals surface area contributed by atoms with Gasteiger partial charge in [0, 0.05) is 18.6 Å². The van der Waals surface area contributed by atoms with E-state index in [1.54, 1.807) is 6.92 Å². The second kappa shape index (κ2) is 6.93. The van der Waals surface area contributed by atoms with Gasteiger partial charge in [-0.25, -0.2) is 0 Å². The second-order valence-electron chi connectivity index (χ2n) is 5.74. The number of nitro groups is 1. The molecule has 0 spiro atoms. The molecule has 1 aromatic rings. The number of aliphatic hydroxyl groups is 1. The summed E-state index contributed by atoms with van der Waals surface area (Å²) in [6, 6.07) is 5.06. The topological polar surface area (TPSA) is 116 Å². The maximum atomic E-state index is 12.5. The monoisotopic (exact) mass is 339 g/mol. The van der Waals surface area contributed by atoms with E-state index in [-0.39, 0.29) is 25.3 Å². The number of carbonyl (C=O) groups is 2. The maximum absolute atomic E-state index is 12.5. The Morgan fingerprint density at radius 1 is 1.33 bits per heavy atom. The molecule has 1 aliphatic heterocycles. The predicted molar refractivity (Wildman–Crippen MR) is 80.9 cm³/mol. The zero-order valence-electron chi connectivity index (χ0n) is 13.4. The minimum Gasteiger partial charge on any atom is -0.423 e. The minimum atomic E-state index is -0.816. The predicted octanol–water partition coefficient (Wildman–Crippen LogP) is 1.97. The number of rotatable bonds is 3. The Bertz CT molecular complexity index is 646. The van der Waals surface area contributed by atoms with Crippen LogP contribution >= 0.6 is 0 Å². The molecule has 130 valence electrons. The highest BCUT2D eigenvalue weighted by Gasteiger charge is 2.58. The van der Waals surface area contributed by atoms with Gasteiger partial charge in [-0.1, -0.05) is 0 Å². The summed E-state index contributed by atoms with van der Waals surface area (Å²) < 4.78 is 9.20. The highest BCUT2D eigenvalue weighted by molar-refractivity contribution is 5.77. The van der Waals surface area contributed by atoms with Gasteiger partial charge >= 0.3 is 12.2 Å². The van der Waals surface area contributed by atoms with Gasteiger partial charge in [0.05, 0.1) is 12.0 Å². The molecular weight excluding hydrogens is 320 g/mol. The quantitative estimate of drug-likeness (QED) is 0.508. The first-order valence-corrected chi connectivity index (χ1v) is 7.36. The number of hydrogen-bond donors (Lipinski definition) is 1. The van der Waals surface area contributed by atoms with Crippen molar-refractivity contribution >= 4 is 17.9 Å². The molecule has 24 heavy (non-hydrogen) atoms. The summed E-state index contributed by atoms with van der Waals surface area (Å²) in [5.41, 5.74) is 0.476. The van der Waals surface area contributed by atoms with E-state index in [4.69, 9.17) is 9.47 Å². The molecule has 2 unspecified atom stereocenters. The number of aliphatic hydroxyl groups excluding tert-OH is 1. The number of ether oxygens (including phenoxy) is 2. The zero-order chi connectivity index (χ0) is 17.9. The molecule has 9 nitrogen and oxygen atoms in total. The molecule has 9 heteroatoms. The average molecular weight is 339 g/mol. The fourth-order valence-corrected chi connectivity index (χ4v) is 2.88. The molecule has 0 aromatic heterocycles. The number of nitro benzene ring substituents is 1. The molecule has 2 amide bonds. The van der Waals surface area contributed by atoms with Gasteiger partial charge in [0.2, 0.25) is 0 Å². The molecule has 0 saturated carbocycles. The van der Waals surface area contributed by atoms with Crippen LogP contribution in [0.15, 0.2) is 24.3 Å². The molecule has 2 rings (SSSR count). The molecule has 0 bridgehead atoms. The number of benzene rings is 1. The van der Waals surface area contributed by atoms with Crippen molar-refractivity contribution in [3.63, 3.8) is 0 Å². The summed E-state index contributed by atoms with van der Waals surface area (Å²) in [4.78, 5) is 34.7. The first kappa shape index (κ1) is 17.8. The fraction of sp³-hybridized carbons (Fsp3) is 0.467. The molecule has 1 aliphatic rings. The molecule has 3 atom stereocenters. The lowest BCUT2D eigenvalue weighted by Gasteiger charge is -2.29. The largest absolute Gasteiger partial charge is 0.527 e. The summed E-state index contributed by atoms with van der Waals surface area (Å²) >= 11 is 0. The molecule has 0 radical (unpaired) electrons. The van der Waals surface area contributed by atoms with Crippen LogP contribution in [0.4, 0.5) is 15.3 Å². The molecular formula is C15H19N2O7+. The standard InChI is InChI=1S/C15H19N2O7/c1-10-7-13(18)8-17(10,14(19)23-2)15(20)24-9-11-3-5-12(6-4-11)16(21)22/h3-6,10,13,18H,7-9H2,1-2H3/q+1/t10-,13?,17?/m1/s1. The third-order valence-electron chi connectivity index (χ3n) is 4.20. The Labute approximate surface area is 138 Å². The summed E-state index contributed by atoms with van der Waals surface area (Å²) in [6.45, 7) is 1.42. The summed E-state index contributed by atoms with van der Waals surface area (Å²) in [6.07, 6.45) is -2.12. The van der Waals surface area contributed by atoms with E-state index in [0.717, 1.165) is 0 Å². The van der Waals surface area contributed by atoms with Crippen molar-refractivity contribution in [2.24, 2.45) is 0 Å². The van der Waals surface area contributed by atoms with Crippen LogP contribution in [0.3, 0.4) is 0 Å². The Balaban J connectivity index is 2.11. The number of nitrogens with zero attached hydrogens (tertiary/aromatic N) is 2. The molecule has 0 aliphatic carbocycles. The normalized spacial score (nSPS) is 26.0. The van der Waals surface area contributed by atoms with E-state index in [9.17, 15) is 24.8 Å². The van der Waals surface area contributed by atoms with Gasteiger partial charge in [-0.3, -0.25) is 10.1 Å². The summed E-state index contributed by atoms with van der Waals surface area (Å²) in [7, 11) is 1.17. The third kappa shape index (κ3) is 3.22. The number of quaternary nitrogens is 1. The number of likely N-dealkylation sites (tertiary alicyclic amines) is 1. The van der Waals surface area contributed by atoms with Gasteiger partial charge in [0.25, 0.3) is 5.69 Å². The van der Waals surface area contributed by atoms with Crippen LogP contribution in [0.5, 0.6) is 0 Å². The van der Waals surface area contributed by atoms with Crippen LogP contribution in [-0.2, 0) is 16.1 Å². The SMILES string of the molecule is COC(=O)[N+]1(C(=O)OCc2ccc([N+](=O)[O-])cc2)CC(O)C[C@H]1C. The van der Waals surface area contributed by atoms with Crippen molar-refractivity contribution in [3.05, 3.63) is 39.9 Å². The van der Waals surface area contributed by atoms with E-state index in [2.05, 4.69) is 0 Å². The van der Waals surface area contributed by atoms with E-state index in [1.165, 1.54) is 31.4 Å². The third-order valence-corrected chi connectivity index (χ3v) is 4.20. The summed E-state index contributed by atoms with van der Waals surface area (Å²) in [5.74, 6) is 0. The van der Waals surface area contributed by atoms with Crippen molar-refractivity contribution in [2.75, 3.05) is 13.7 Å². The number of non-ortho nitro benzene ring substituents is 1. The first-order chi connectivity index (χ1) is 11.3. The molecule has 1 saturated heterocycles. The first-order valence-electron chi connectivity index (χ1n) is 7.36. The fourth-order valence-electron chi connectivity index (χ4n) is 2.88. The van der Waals surface area contributed by atoms with Gasteiger partial charge in [-0.2, -0.15) is 9.59 Å². The van der Waals surface area contributed by atoms with Gasteiger partial charge in [-0.05, 0) is 24.6 Å². The lowest BCUT2D eigenvalue weighted by Crippen LogP contribution is -2.59. The van der Waals surface area contributed by atoms with Gasteiger partial charge in [-0.15, -0.1) is 4.48 Å². The smallest absolute Gasteiger partial charge is 0.423 e. The van der Waals surface area contributed by atoms with E-state index < -0.39 is 33.7 Å². The van der Waals surface area contributed by atoms with Crippen molar-refractivity contribution in [1.82, 2.24) is 0 Å². The van der Waals surface area contributed by atoms with Gasteiger partial charge in [0.15, 0.2) is 0 Å². The van der Waals surface area contributed by atoms with Gasteiger partial charge < -0.3 is 14.6 Å². The average Bonchev–Trinajstić information content (AvgIpc) is 2.87. The van der Waals surface area contributed by atoms with E-state index in [1.807, 2.05) is 0 Å². The maximum Gasteiger partial charge on any atom is 0.527 e. The van der Waals surface area contributed by atoms with Crippen molar-refractivity contribution in [3.8, 4) is 0 Å². The Morgan fingerprint density at radius 3 is 2.42 bits per heavy atom. The van der Waals surface area contributed by atoms with Crippen LogP contribution in [0.25, 0.3) is 0 Å². The second-order valence-corrected chi connectivity index (χ2v) is 5.74.